The Kier molecular flexibility index (Phi) is 6.42. The molecule has 5 rings (SSSR count). The van der Waals surface area contributed by atoms with Crippen molar-refractivity contribution in [2.24, 2.45) is 10.9 Å². The van der Waals surface area contributed by atoms with Crippen LogP contribution in [-0.4, -0.2) is 38.9 Å². The van der Waals surface area contributed by atoms with Crippen molar-refractivity contribution in [1.82, 2.24) is 10.3 Å². The summed E-state index contributed by atoms with van der Waals surface area (Å²) < 4.78 is 0. The number of hydrogen-bond acceptors (Lipinski definition) is 7. The Bertz CT molecular complexity index is 1490. The molecule has 0 bridgehead atoms. The molecule has 0 saturated heterocycles. The predicted octanol–water partition coefficient (Wildman–Crippen LogP) is 5.51. The van der Waals surface area contributed by atoms with Gasteiger partial charge in [0.1, 0.15) is 0 Å². The molecule has 2 atom stereocenters. The van der Waals surface area contributed by atoms with Crippen molar-refractivity contribution < 1.29 is 19.8 Å². The zero-order valence-corrected chi connectivity index (χ0v) is 21.2. The highest BCUT2D eigenvalue weighted by atomic mass is 32.1. The zero-order chi connectivity index (χ0) is 25.4. The van der Waals surface area contributed by atoms with Gasteiger partial charge in [-0.3, -0.25) is 9.78 Å². The number of rotatable bonds is 6. The van der Waals surface area contributed by atoms with Crippen LogP contribution in [-0.2, 0) is 9.59 Å². The smallest absolute Gasteiger partial charge is 0.335 e. The third-order valence-corrected chi connectivity index (χ3v) is 8.08. The van der Waals surface area contributed by atoms with E-state index in [9.17, 15) is 19.8 Å². The molecule has 5 heterocycles. The Labute approximate surface area is 215 Å². The third-order valence-electron chi connectivity index (χ3n) is 5.95. The summed E-state index contributed by atoms with van der Waals surface area (Å²) in [6, 6.07) is 10.0. The van der Waals surface area contributed by atoms with E-state index in [1.807, 2.05) is 19.1 Å². The summed E-state index contributed by atoms with van der Waals surface area (Å²) in [6.45, 7) is 3.92. The van der Waals surface area contributed by atoms with Gasteiger partial charge in [0.05, 0.1) is 34.3 Å². The van der Waals surface area contributed by atoms with Crippen molar-refractivity contribution in [3.8, 4) is 20.9 Å². The van der Waals surface area contributed by atoms with Crippen LogP contribution >= 0.6 is 22.7 Å². The number of nitrogens with one attached hydrogen (secondary N) is 1. The van der Waals surface area contributed by atoms with Crippen molar-refractivity contribution in [2.75, 3.05) is 0 Å². The van der Waals surface area contributed by atoms with Crippen molar-refractivity contribution >= 4 is 40.3 Å². The summed E-state index contributed by atoms with van der Waals surface area (Å²) in [7, 11) is 0. The minimum atomic E-state index is -1.04. The first kappa shape index (κ1) is 23.9. The van der Waals surface area contributed by atoms with E-state index in [4.69, 9.17) is 4.99 Å². The SMILES string of the molecule is Cc1ccc(-c2cc(-c3ccnc(C4=NC(C5=CC(C(=O)O)=CC(C)N5)=CC(C(=O)O)C4)c3)cs2)s1. The number of carboxylic acids is 2. The van der Waals surface area contributed by atoms with Crippen LogP contribution in [0.1, 0.15) is 23.9 Å². The van der Waals surface area contributed by atoms with Gasteiger partial charge in [-0.15, -0.1) is 22.7 Å². The van der Waals surface area contributed by atoms with E-state index >= 15 is 0 Å². The lowest BCUT2D eigenvalue weighted by Crippen LogP contribution is -2.30. The number of carbonyl (C=O) groups is 2. The van der Waals surface area contributed by atoms with E-state index in [1.54, 1.807) is 41.0 Å². The van der Waals surface area contributed by atoms with Gasteiger partial charge in [-0.2, -0.15) is 0 Å². The molecule has 0 saturated carbocycles. The molecular weight excluding hydrogens is 494 g/mol. The monoisotopic (exact) mass is 517 g/mol. The molecule has 0 fully saturated rings. The lowest BCUT2D eigenvalue weighted by molar-refractivity contribution is -0.140. The van der Waals surface area contributed by atoms with Crippen molar-refractivity contribution in [3.63, 3.8) is 0 Å². The van der Waals surface area contributed by atoms with Crippen LogP contribution < -0.4 is 5.32 Å². The Hall–Kier alpha value is -3.82. The first-order valence-electron chi connectivity index (χ1n) is 11.3. The summed E-state index contributed by atoms with van der Waals surface area (Å²) in [5.41, 5.74) is 4.21. The normalized spacial score (nSPS) is 19.5. The summed E-state index contributed by atoms with van der Waals surface area (Å²) in [6.07, 6.45) is 6.57. The minimum Gasteiger partial charge on any atom is -0.481 e. The van der Waals surface area contributed by atoms with Gasteiger partial charge in [0.25, 0.3) is 0 Å². The molecule has 0 aromatic carbocycles. The zero-order valence-electron chi connectivity index (χ0n) is 19.6. The van der Waals surface area contributed by atoms with Crippen LogP contribution in [0, 0.1) is 12.8 Å². The second kappa shape index (κ2) is 9.67. The molecule has 0 aliphatic carbocycles. The number of hydrogen-bond donors (Lipinski definition) is 3. The number of carboxylic acid groups (broad SMARTS) is 2. The first-order valence-corrected chi connectivity index (χ1v) is 13.0. The average Bonchev–Trinajstić information content (AvgIpc) is 3.53. The van der Waals surface area contributed by atoms with Crippen molar-refractivity contribution in [3.05, 3.63) is 87.7 Å². The van der Waals surface area contributed by atoms with Crippen LogP contribution in [0.2, 0.25) is 0 Å². The van der Waals surface area contributed by atoms with Crippen LogP contribution in [0.15, 0.2) is 82.1 Å². The van der Waals surface area contributed by atoms with E-state index < -0.39 is 17.9 Å². The molecule has 182 valence electrons. The fourth-order valence-corrected chi connectivity index (χ4v) is 6.08. The number of aliphatic imine (C=N–C) groups is 1. The van der Waals surface area contributed by atoms with Crippen LogP contribution in [0.3, 0.4) is 0 Å². The number of dihydropyridines is 1. The number of aliphatic carboxylic acids is 2. The van der Waals surface area contributed by atoms with Gasteiger partial charge < -0.3 is 15.5 Å². The Morgan fingerprint density at radius 1 is 1.08 bits per heavy atom. The molecule has 3 aromatic heterocycles. The molecule has 36 heavy (non-hydrogen) atoms. The maximum Gasteiger partial charge on any atom is 0.335 e. The van der Waals surface area contributed by atoms with E-state index in [2.05, 4.69) is 40.8 Å². The maximum absolute atomic E-state index is 12.0. The molecule has 9 heteroatoms. The van der Waals surface area contributed by atoms with Gasteiger partial charge in [-0.25, -0.2) is 9.79 Å². The predicted molar refractivity (Wildman–Crippen MR) is 142 cm³/mol. The number of pyridine rings is 1. The molecule has 2 unspecified atom stereocenters. The highest BCUT2D eigenvalue weighted by Crippen LogP contribution is 2.36. The van der Waals surface area contributed by atoms with Crippen LogP contribution in [0.25, 0.3) is 20.9 Å². The van der Waals surface area contributed by atoms with E-state index in [1.165, 1.54) is 20.7 Å². The summed E-state index contributed by atoms with van der Waals surface area (Å²) >= 11 is 3.44. The molecule has 3 aromatic rings. The Balaban J connectivity index is 1.49. The first-order chi connectivity index (χ1) is 17.3. The molecule has 0 radical (unpaired) electrons. The molecule has 2 aliphatic heterocycles. The van der Waals surface area contributed by atoms with Gasteiger partial charge >= 0.3 is 11.9 Å². The molecule has 0 amide bonds. The van der Waals surface area contributed by atoms with Crippen molar-refractivity contribution in [2.45, 2.75) is 26.3 Å². The van der Waals surface area contributed by atoms with Gasteiger partial charge in [-0.05, 0) is 78.9 Å². The Morgan fingerprint density at radius 2 is 1.92 bits per heavy atom. The average molecular weight is 518 g/mol. The molecule has 3 N–H and O–H groups in total. The lowest BCUT2D eigenvalue weighted by Gasteiger charge is -2.24. The van der Waals surface area contributed by atoms with Gasteiger partial charge in [-0.1, -0.05) is 0 Å². The molecular formula is C27H23N3O4S2. The van der Waals surface area contributed by atoms with Crippen LogP contribution in [0.4, 0.5) is 0 Å². The third kappa shape index (κ3) is 4.93. The molecule has 7 nitrogen and oxygen atoms in total. The van der Waals surface area contributed by atoms with Gasteiger partial charge in [0.2, 0.25) is 0 Å². The van der Waals surface area contributed by atoms with Crippen molar-refractivity contribution in [1.29, 1.82) is 0 Å². The van der Waals surface area contributed by atoms with E-state index in [0.717, 1.165) is 11.1 Å². The van der Waals surface area contributed by atoms with E-state index in [0.29, 0.717) is 22.8 Å². The second-order valence-corrected chi connectivity index (χ2v) is 10.9. The number of thiophene rings is 2. The number of aromatic nitrogens is 1. The molecule has 0 spiro atoms. The fourth-order valence-electron chi connectivity index (χ4n) is 4.19. The highest BCUT2D eigenvalue weighted by molar-refractivity contribution is 7.21. The standard InChI is InChI=1S/C27H23N3O4S2/c1-14-7-17(26(31)32)9-22(29-14)23-11-18(27(33)34)10-21(30-23)20-8-16(5-6-28-20)19-12-25(35-13-19)24-4-3-15(2)36-24/h3-9,11-14,18,29H,10H2,1-2H3,(H,31,32)(H,33,34). The van der Waals surface area contributed by atoms with Gasteiger partial charge in [0, 0.05) is 33.3 Å². The quantitative estimate of drug-likeness (QED) is 0.397. The minimum absolute atomic E-state index is 0.140. The second-order valence-electron chi connectivity index (χ2n) is 8.72. The van der Waals surface area contributed by atoms with E-state index in [-0.39, 0.29) is 18.0 Å². The maximum atomic E-state index is 12.0. The van der Waals surface area contributed by atoms with Crippen LogP contribution in [0.5, 0.6) is 0 Å². The topological polar surface area (TPSA) is 112 Å². The highest BCUT2D eigenvalue weighted by Gasteiger charge is 2.27. The number of nitrogens with zero attached hydrogens (tertiary/aromatic N) is 2. The summed E-state index contributed by atoms with van der Waals surface area (Å²) in [4.78, 5) is 36.4. The lowest BCUT2D eigenvalue weighted by atomic mass is 9.93. The van der Waals surface area contributed by atoms with Gasteiger partial charge in [0.15, 0.2) is 0 Å². The molecule has 2 aliphatic rings. The fraction of sp³-hybridized carbons (Fsp3) is 0.185. The Morgan fingerprint density at radius 3 is 2.64 bits per heavy atom. The largest absolute Gasteiger partial charge is 0.481 e. The summed E-state index contributed by atoms with van der Waals surface area (Å²) in [5.74, 6) is -2.81. The number of aryl methyl sites for hydroxylation is 1. The summed E-state index contributed by atoms with van der Waals surface area (Å²) in [5, 5.41) is 24.6.